The van der Waals surface area contributed by atoms with Crippen molar-refractivity contribution >= 4 is 0 Å². The number of methoxy groups -OCH3 is 1. The van der Waals surface area contributed by atoms with Gasteiger partial charge in [0.05, 0.1) is 7.11 Å². The van der Waals surface area contributed by atoms with Crippen LogP contribution in [0.5, 0.6) is 11.5 Å². The summed E-state index contributed by atoms with van der Waals surface area (Å²) < 4.78 is 10.9. The van der Waals surface area contributed by atoms with E-state index >= 15 is 0 Å². The van der Waals surface area contributed by atoms with Crippen LogP contribution in [0.4, 0.5) is 0 Å². The molecule has 0 N–H and O–H groups in total. The van der Waals surface area contributed by atoms with Crippen LogP contribution in [0.25, 0.3) is 0 Å². The van der Waals surface area contributed by atoms with Gasteiger partial charge in [-0.05, 0) is 25.2 Å². The molecule has 0 saturated carbocycles. The average molecular weight is 249 g/mol. The predicted octanol–water partition coefficient (Wildman–Crippen LogP) is 2.97. The van der Waals surface area contributed by atoms with E-state index in [9.17, 15) is 0 Å². The summed E-state index contributed by atoms with van der Waals surface area (Å²) in [6.45, 7) is 8.04. The molecular weight excluding hydrogens is 226 g/mol. The Labute approximate surface area is 110 Å². The van der Waals surface area contributed by atoms with Gasteiger partial charge in [0.2, 0.25) is 0 Å². The Hall–Kier alpha value is -1.48. The number of hydrogen-bond acceptors (Lipinski definition) is 3. The number of ether oxygens (including phenoxy) is 2. The summed E-state index contributed by atoms with van der Waals surface area (Å²) in [5.74, 6) is 1.56. The maximum atomic E-state index is 5.65. The minimum absolute atomic E-state index is 0.571. The molecule has 0 amide bonds. The fourth-order valence-corrected chi connectivity index (χ4v) is 1.65. The van der Waals surface area contributed by atoms with Crippen LogP contribution in [0, 0.1) is 0 Å². The Bertz CT molecular complexity index is 359. The van der Waals surface area contributed by atoms with E-state index in [2.05, 4.69) is 24.8 Å². The van der Waals surface area contributed by atoms with Gasteiger partial charge in [-0.15, -0.1) is 0 Å². The highest BCUT2D eigenvalue weighted by atomic mass is 16.5. The normalized spacial score (nSPS) is 11.1. The van der Waals surface area contributed by atoms with Crippen LogP contribution in [-0.4, -0.2) is 38.3 Å². The van der Waals surface area contributed by atoms with E-state index in [0.717, 1.165) is 31.1 Å². The van der Waals surface area contributed by atoms with Crippen molar-refractivity contribution in [2.24, 2.45) is 0 Å². The van der Waals surface area contributed by atoms with Gasteiger partial charge in [0.25, 0.3) is 0 Å². The van der Waals surface area contributed by atoms with Crippen molar-refractivity contribution < 1.29 is 9.47 Å². The molecule has 0 aromatic heterocycles. The lowest BCUT2D eigenvalue weighted by Crippen LogP contribution is -2.22. The number of likely N-dealkylation sites (N-methyl/N-ethyl adjacent to an activating group) is 1. The summed E-state index contributed by atoms with van der Waals surface area (Å²) >= 11 is 0. The highest BCUT2D eigenvalue weighted by Gasteiger charge is 2.00. The zero-order valence-corrected chi connectivity index (χ0v) is 11.6. The quantitative estimate of drug-likeness (QED) is 0.661. The lowest BCUT2D eigenvalue weighted by molar-refractivity contribution is 0.321. The third-order valence-electron chi connectivity index (χ3n) is 2.83. The van der Waals surface area contributed by atoms with Crippen LogP contribution in [0.1, 0.15) is 13.8 Å². The van der Waals surface area contributed by atoms with E-state index in [-0.39, 0.29) is 0 Å². The van der Waals surface area contributed by atoms with Gasteiger partial charge in [-0.3, -0.25) is 0 Å². The molecule has 0 bridgehead atoms. The number of rotatable bonds is 8. The monoisotopic (exact) mass is 249 g/mol. The molecular formula is C15H23NO2. The van der Waals surface area contributed by atoms with Gasteiger partial charge in [0.1, 0.15) is 6.61 Å². The van der Waals surface area contributed by atoms with Crippen LogP contribution in [0.2, 0.25) is 0 Å². The fourth-order valence-electron chi connectivity index (χ4n) is 1.65. The van der Waals surface area contributed by atoms with Gasteiger partial charge in [0.15, 0.2) is 11.5 Å². The third-order valence-corrected chi connectivity index (χ3v) is 2.83. The zero-order chi connectivity index (χ0) is 13.2. The van der Waals surface area contributed by atoms with Crippen molar-refractivity contribution in [3.05, 3.63) is 36.4 Å². The number of benzene rings is 1. The number of nitrogens with zero attached hydrogens (tertiary/aromatic N) is 1. The third kappa shape index (κ3) is 4.80. The lowest BCUT2D eigenvalue weighted by Gasteiger charge is -2.14. The van der Waals surface area contributed by atoms with E-state index in [4.69, 9.17) is 9.47 Å². The summed E-state index contributed by atoms with van der Waals surface area (Å²) in [7, 11) is 1.65. The number of hydrogen-bond donors (Lipinski definition) is 0. The second-order valence-corrected chi connectivity index (χ2v) is 3.92. The van der Waals surface area contributed by atoms with Crippen molar-refractivity contribution in [2.75, 3.05) is 33.4 Å². The Kier molecular flexibility index (Phi) is 6.96. The van der Waals surface area contributed by atoms with Gasteiger partial charge < -0.3 is 14.4 Å². The lowest BCUT2D eigenvalue weighted by atomic mass is 10.3. The van der Waals surface area contributed by atoms with E-state index < -0.39 is 0 Å². The molecule has 0 radical (unpaired) electrons. The predicted molar refractivity (Wildman–Crippen MR) is 75.4 cm³/mol. The molecule has 3 heteroatoms. The maximum absolute atomic E-state index is 5.65. The molecule has 0 aliphatic carbocycles. The Morgan fingerprint density at radius 1 is 1.06 bits per heavy atom. The minimum Gasteiger partial charge on any atom is -0.493 e. The van der Waals surface area contributed by atoms with Gasteiger partial charge in [-0.25, -0.2) is 0 Å². The smallest absolute Gasteiger partial charge is 0.161 e. The first-order chi connectivity index (χ1) is 8.81. The molecule has 1 aromatic rings. The van der Waals surface area contributed by atoms with Gasteiger partial charge in [0, 0.05) is 6.54 Å². The SMILES string of the molecule is CCN(CC)C/C=C\COc1ccccc1OC. The highest BCUT2D eigenvalue weighted by Crippen LogP contribution is 2.25. The van der Waals surface area contributed by atoms with Crippen molar-refractivity contribution in [3.63, 3.8) is 0 Å². The average Bonchev–Trinajstić information content (AvgIpc) is 2.43. The molecule has 0 aliphatic rings. The van der Waals surface area contributed by atoms with Gasteiger partial charge in [-0.1, -0.05) is 38.1 Å². The van der Waals surface area contributed by atoms with Crippen LogP contribution in [0.15, 0.2) is 36.4 Å². The first-order valence-corrected chi connectivity index (χ1v) is 6.45. The van der Waals surface area contributed by atoms with E-state index in [1.165, 1.54) is 0 Å². The summed E-state index contributed by atoms with van der Waals surface area (Å²) in [6.07, 6.45) is 4.19. The van der Waals surface area contributed by atoms with Crippen LogP contribution in [-0.2, 0) is 0 Å². The van der Waals surface area contributed by atoms with Crippen LogP contribution >= 0.6 is 0 Å². The number of para-hydroxylation sites is 2. The maximum Gasteiger partial charge on any atom is 0.161 e. The molecule has 0 unspecified atom stereocenters. The zero-order valence-electron chi connectivity index (χ0n) is 11.6. The molecule has 0 fully saturated rings. The molecule has 1 aromatic carbocycles. The summed E-state index contributed by atoms with van der Waals surface area (Å²) in [6, 6.07) is 7.69. The molecule has 0 saturated heterocycles. The second kappa shape index (κ2) is 8.59. The summed E-state index contributed by atoms with van der Waals surface area (Å²) in [4.78, 5) is 2.35. The first-order valence-electron chi connectivity index (χ1n) is 6.45. The first kappa shape index (κ1) is 14.6. The van der Waals surface area contributed by atoms with E-state index in [1.54, 1.807) is 7.11 Å². The fraction of sp³-hybridized carbons (Fsp3) is 0.467. The Morgan fingerprint density at radius 3 is 2.33 bits per heavy atom. The molecule has 0 spiro atoms. The van der Waals surface area contributed by atoms with E-state index in [1.807, 2.05) is 30.3 Å². The van der Waals surface area contributed by atoms with Gasteiger partial charge >= 0.3 is 0 Å². The molecule has 3 nitrogen and oxygen atoms in total. The largest absolute Gasteiger partial charge is 0.493 e. The molecule has 0 aliphatic heterocycles. The highest BCUT2D eigenvalue weighted by molar-refractivity contribution is 5.39. The van der Waals surface area contributed by atoms with E-state index in [0.29, 0.717) is 6.61 Å². The van der Waals surface area contributed by atoms with Crippen LogP contribution in [0.3, 0.4) is 0 Å². The summed E-state index contributed by atoms with van der Waals surface area (Å²) in [5.41, 5.74) is 0. The molecule has 100 valence electrons. The second-order valence-electron chi connectivity index (χ2n) is 3.92. The van der Waals surface area contributed by atoms with Crippen molar-refractivity contribution in [3.8, 4) is 11.5 Å². The topological polar surface area (TPSA) is 21.7 Å². The standard InChI is InChI=1S/C15H23NO2/c1-4-16(5-2)12-8-9-13-18-15-11-7-6-10-14(15)17-3/h6-11H,4-5,12-13H2,1-3H3/b9-8-. The Balaban J connectivity index is 2.35. The molecule has 18 heavy (non-hydrogen) atoms. The summed E-state index contributed by atoms with van der Waals surface area (Å²) in [5, 5.41) is 0. The van der Waals surface area contributed by atoms with Crippen molar-refractivity contribution in [2.45, 2.75) is 13.8 Å². The molecule has 0 heterocycles. The minimum atomic E-state index is 0.571. The molecule has 0 atom stereocenters. The Morgan fingerprint density at radius 2 is 1.72 bits per heavy atom. The van der Waals surface area contributed by atoms with Gasteiger partial charge in [-0.2, -0.15) is 0 Å². The van der Waals surface area contributed by atoms with Crippen molar-refractivity contribution in [1.29, 1.82) is 0 Å². The van der Waals surface area contributed by atoms with Crippen molar-refractivity contribution in [1.82, 2.24) is 4.90 Å². The van der Waals surface area contributed by atoms with Crippen LogP contribution < -0.4 is 9.47 Å². The molecule has 1 rings (SSSR count).